The molecule has 0 amide bonds. The van der Waals surface area contributed by atoms with Gasteiger partial charge in [-0.2, -0.15) is 0 Å². The van der Waals surface area contributed by atoms with E-state index >= 15 is 0 Å². The van der Waals surface area contributed by atoms with Crippen LogP contribution in [-0.2, 0) is 34.5 Å². The van der Waals surface area contributed by atoms with Gasteiger partial charge in [-0.05, 0) is 66.2 Å². The molecule has 14 heteroatoms. The van der Waals surface area contributed by atoms with Crippen LogP contribution in [0.1, 0.15) is 47.5 Å². The highest BCUT2D eigenvalue weighted by molar-refractivity contribution is 6.84. The maximum Gasteiger partial charge on any atom is 0.490 e. The molecule has 0 radical (unpaired) electrons. The minimum absolute atomic E-state index is 0.408. The van der Waals surface area contributed by atoms with Crippen molar-refractivity contribution in [3.8, 4) is 0 Å². The fourth-order valence-electron chi connectivity index (χ4n) is 3.46. The SMILES string of the molecule is CCO[Si](C)(CCCN)O[Si](CC)(OCC)O[Si](CCCN)(OCC)O[Si](C)(OC)OCC. The summed E-state index contributed by atoms with van der Waals surface area (Å²) in [6.07, 6.45) is 1.47. The van der Waals surface area contributed by atoms with Gasteiger partial charge in [0.2, 0.25) is 0 Å². The van der Waals surface area contributed by atoms with Crippen LogP contribution in [0.5, 0.6) is 0 Å². The van der Waals surface area contributed by atoms with Crippen LogP contribution in [0, 0.1) is 0 Å². The summed E-state index contributed by atoms with van der Waals surface area (Å²) in [5.41, 5.74) is 11.7. The summed E-state index contributed by atoms with van der Waals surface area (Å²) in [4.78, 5) is 0. The molecule has 0 aliphatic carbocycles. The average Bonchev–Trinajstić information content (AvgIpc) is 2.77. The van der Waals surface area contributed by atoms with Gasteiger partial charge in [0.25, 0.3) is 0 Å². The zero-order valence-corrected chi connectivity index (χ0v) is 26.2. The number of nitrogens with two attached hydrogens (primary N) is 2. The summed E-state index contributed by atoms with van der Waals surface area (Å²) in [7, 11) is -10.7. The molecule has 0 aliphatic heterocycles. The van der Waals surface area contributed by atoms with Crippen LogP contribution in [0.4, 0.5) is 0 Å². The second kappa shape index (κ2) is 17.0. The fourth-order valence-corrected chi connectivity index (χ4v) is 19.6. The van der Waals surface area contributed by atoms with Crippen molar-refractivity contribution in [1.82, 2.24) is 0 Å². The minimum atomic E-state index is -3.37. The molecular formula is C19H50N2O8Si4. The van der Waals surface area contributed by atoms with Crippen LogP contribution in [0.15, 0.2) is 0 Å². The van der Waals surface area contributed by atoms with Crippen LogP contribution in [0.2, 0.25) is 31.2 Å². The third-order valence-electron chi connectivity index (χ3n) is 4.93. The van der Waals surface area contributed by atoms with Crippen molar-refractivity contribution >= 4 is 35.0 Å². The molecule has 4 N–H and O–H groups in total. The Labute approximate surface area is 206 Å². The highest BCUT2D eigenvalue weighted by Crippen LogP contribution is 2.33. The Bertz CT molecular complexity index is 518. The van der Waals surface area contributed by atoms with Crippen LogP contribution in [0.3, 0.4) is 0 Å². The van der Waals surface area contributed by atoms with Crippen molar-refractivity contribution in [3.05, 3.63) is 0 Å². The average molecular weight is 547 g/mol. The van der Waals surface area contributed by atoms with Gasteiger partial charge < -0.3 is 45.9 Å². The first-order chi connectivity index (χ1) is 15.6. The Hall–Kier alpha value is 0.468. The molecule has 0 saturated carbocycles. The minimum Gasteiger partial charge on any atom is -0.395 e. The van der Waals surface area contributed by atoms with Crippen molar-refractivity contribution in [3.63, 3.8) is 0 Å². The highest BCUT2D eigenvalue weighted by atomic mass is 28.5. The Morgan fingerprint density at radius 2 is 1.12 bits per heavy atom. The lowest BCUT2D eigenvalue weighted by molar-refractivity contribution is 0.0579. The van der Waals surface area contributed by atoms with E-state index in [0.29, 0.717) is 58.0 Å². The molecule has 10 nitrogen and oxygen atoms in total. The first-order valence-corrected chi connectivity index (χ1v) is 20.8. The first-order valence-electron chi connectivity index (χ1n) is 12.2. The maximum absolute atomic E-state index is 6.86. The maximum atomic E-state index is 6.86. The molecule has 0 fully saturated rings. The molecular weight excluding hydrogens is 497 g/mol. The monoisotopic (exact) mass is 546 g/mol. The van der Waals surface area contributed by atoms with Crippen molar-refractivity contribution in [2.75, 3.05) is 46.6 Å². The van der Waals surface area contributed by atoms with Crippen molar-refractivity contribution < 1.29 is 34.5 Å². The van der Waals surface area contributed by atoms with Crippen molar-refractivity contribution in [2.24, 2.45) is 11.5 Å². The lowest BCUT2D eigenvalue weighted by atomic mass is 10.5. The molecule has 0 aromatic heterocycles. The predicted molar refractivity (Wildman–Crippen MR) is 139 cm³/mol. The molecule has 4 atom stereocenters. The predicted octanol–water partition coefficient (Wildman–Crippen LogP) is 3.06. The number of hydrogen-bond acceptors (Lipinski definition) is 10. The van der Waals surface area contributed by atoms with Crippen LogP contribution in [0.25, 0.3) is 0 Å². The van der Waals surface area contributed by atoms with Crippen molar-refractivity contribution in [1.29, 1.82) is 0 Å². The molecule has 0 aromatic carbocycles. The zero-order valence-electron chi connectivity index (χ0n) is 22.2. The summed E-state index contributed by atoms with van der Waals surface area (Å²) in [5.74, 6) is 0. The van der Waals surface area contributed by atoms with Gasteiger partial charge in [-0.15, -0.1) is 0 Å². The third-order valence-corrected chi connectivity index (χ3v) is 20.1. The molecule has 33 heavy (non-hydrogen) atoms. The standard InChI is InChI=1S/C19H50N2O8Si4/c1-9-23-30(7,18-14-16-20)27-32(13-5,25-11-3)29-33(26-12-4,19-15-17-21)28-31(8,22-6)24-10-2/h9-21H2,1-8H3. The molecule has 0 rings (SSSR count). The Kier molecular flexibility index (Phi) is 17.3. The largest absolute Gasteiger partial charge is 0.490 e. The van der Waals surface area contributed by atoms with E-state index < -0.39 is 35.0 Å². The van der Waals surface area contributed by atoms with Gasteiger partial charge in [-0.3, -0.25) is 0 Å². The van der Waals surface area contributed by atoms with Gasteiger partial charge >= 0.3 is 35.0 Å². The van der Waals surface area contributed by atoms with Crippen molar-refractivity contribution in [2.45, 2.75) is 78.7 Å². The normalized spacial score (nSPS) is 19.5. The van der Waals surface area contributed by atoms with Gasteiger partial charge in [0.05, 0.1) is 0 Å². The van der Waals surface area contributed by atoms with Crippen LogP contribution < -0.4 is 11.5 Å². The molecule has 0 heterocycles. The molecule has 0 aliphatic rings. The van der Waals surface area contributed by atoms with Gasteiger partial charge in [0, 0.05) is 52.2 Å². The molecule has 4 unspecified atom stereocenters. The van der Waals surface area contributed by atoms with Gasteiger partial charge in [0.1, 0.15) is 0 Å². The summed E-state index contributed by atoms with van der Waals surface area (Å²) in [6, 6.07) is 1.81. The molecule has 200 valence electrons. The van der Waals surface area contributed by atoms with Gasteiger partial charge in [0.15, 0.2) is 0 Å². The summed E-state index contributed by atoms with van der Waals surface area (Å²) in [6.45, 7) is 16.5. The molecule has 0 saturated heterocycles. The van der Waals surface area contributed by atoms with Crippen LogP contribution >= 0.6 is 0 Å². The molecule has 0 aromatic rings. The molecule has 0 bridgehead atoms. The number of rotatable bonds is 22. The third kappa shape index (κ3) is 11.8. The fraction of sp³-hybridized carbons (Fsp3) is 1.00. The smallest absolute Gasteiger partial charge is 0.395 e. The van der Waals surface area contributed by atoms with Crippen LogP contribution in [-0.4, -0.2) is 81.6 Å². The Balaban J connectivity index is 6.33. The molecule has 0 spiro atoms. The van der Waals surface area contributed by atoms with E-state index in [1.165, 1.54) is 0 Å². The van der Waals surface area contributed by atoms with E-state index in [-0.39, 0.29) is 0 Å². The van der Waals surface area contributed by atoms with E-state index in [1.54, 1.807) is 7.11 Å². The lowest BCUT2D eigenvalue weighted by Crippen LogP contribution is -2.65. The zero-order chi connectivity index (χ0) is 25.4. The van der Waals surface area contributed by atoms with E-state index in [0.717, 1.165) is 12.5 Å². The van der Waals surface area contributed by atoms with Gasteiger partial charge in [-0.25, -0.2) is 0 Å². The number of hydrogen-bond donors (Lipinski definition) is 2. The quantitative estimate of drug-likeness (QED) is 0.196. The Morgan fingerprint density at radius 1 is 0.606 bits per heavy atom. The summed E-state index contributed by atoms with van der Waals surface area (Å²) in [5, 5.41) is 0. The first kappa shape index (κ1) is 33.5. The second-order valence-electron chi connectivity index (χ2n) is 7.74. The highest BCUT2D eigenvalue weighted by Gasteiger charge is 2.58. The van der Waals surface area contributed by atoms with E-state index in [9.17, 15) is 0 Å². The van der Waals surface area contributed by atoms with E-state index in [1.807, 2.05) is 47.7 Å². The van der Waals surface area contributed by atoms with E-state index in [2.05, 4.69) is 0 Å². The summed E-state index contributed by atoms with van der Waals surface area (Å²) >= 11 is 0. The Morgan fingerprint density at radius 3 is 1.58 bits per heavy atom. The lowest BCUT2D eigenvalue weighted by Gasteiger charge is -2.43. The summed E-state index contributed by atoms with van der Waals surface area (Å²) < 4.78 is 50.5. The van der Waals surface area contributed by atoms with E-state index in [4.69, 9.17) is 45.9 Å². The second-order valence-corrected chi connectivity index (χ2v) is 20.2. The topological polar surface area (TPSA) is 126 Å². The van der Waals surface area contributed by atoms with Gasteiger partial charge in [-0.1, -0.05) is 6.92 Å².